The van der Waals surface area contributed by atoms with Crippen molar-refractivity contribution >= 4 is 29.1 Å². The second-order valence-corrected chi connectivity index (χ2v) is 7.93. The number of anilines is 1. The van der Waals surface area contributed by atoms with Gasteiger partial charge >= 0.3 is 0 Å². The lowest BCUT2D eigenvalue weighted by Gasteiger charge is -2.23. The number of hydrogen-bond donors (Lipinski definition) is 1. The van der Waals surface area contributed by atoms with Crippen molar-refractivity contribution in [2.45, 2.75) is 38.6 Å². The van der Waals surface area contributed by atoms with Crippen LogP contribution in [0.15, 0.2) is 53.5 Å². The number of carbonyl (C=O) groups is 2. The fourth-order valence-electron chi connectivity index (χ4n) is 3.80. The number of benzene rings is 2. The molecule has 2 aromatic carbocycles. The minimum Gasteiger partial charge on any atom is -0.494 e. The monoisotopic (exact) mass is 420 g/mol. The Morgan fingerprint density at radius 3 is 2.74 bits per heavy atom. The molecule has 162 valence electrons. The van der Waals surface area contributed by atoms with E-state index in [4.69, 9.17) is 4.74 Å². The first kappa shape index (κ1) is 20.9. The molecule has 2 heterocycles. The number of aliphatic imine (C=N–C) groups is 1. The fourth-order valence-corrected chi connectivity index (χ4v) is 3.80. The minimum absolute atomic E-state index is 0.0172. The van der Waals surface area contributed by atoms with E-state index in [1.807, 2.05) is 60.5 Å². The van der Waals surface area contributed by atoms with Crippen LogP contribution in [-0.4, -0.2) is 42.9 Å². The van der Waals surface area contributed by atoms with Gasteiger partial charge in [0.05, 0.1) is 12.3 Å². The summed E-state index contributed by atoms with van der Waals surface area (Å²) >= 11 is 0. The zero-order valence-electron chi connectivity index (χ0n) is 17.8. The van der Waals surface area contributed by atoms with Crippen LogP contribution in [0.4, 0.5) is 11.4 Å². The maximum Gasteiger partial charge on any atom is 0.246 e. The second-order valence-electron chi connectivity index (χ2n) is 7.93. The van der Waals surface area contributed by atoms with Crippen LogP contribution in [0.1, 0.15) is 37.7 Å². The van der Waals surface area contributed by atoms with Gasteiger partial charge < -0.3 is 14.5 Å². The number of fused-ring (bicyclic) bond motifs is 2. The summed E-state index contributed by atoms with van der Waals surface area (Å²) in [5.74, 6) is 1.55. The van der Waals surface area contributed by atoms with Gasteiger partial charge in [-0.15, -0.1) is 0 Å². The lowest BCUT2D eigenvalue weighted by molar-refractivity contribution is -0.119. The van der Waals surface area contributed by atoms with Crippen molar-refractivity contribution in [3.05, 3.63) is 54.1 Å². The molecule has 1 N–H and O–H groups in total. The van der Waals surface area contributed by atoms with E-state index in [0.29, 0.717) is 32.1 Å². The number of carbonyl (C=O) groups excluding carboxylic acids is 2. The van der Waals surface area contributed by atoms with Crippen LogP contribution < -0.4 is 15.0 Å². The number of ether oxygens (including phenoxy) is 1. The predicted octanol–water partition coefficient (Wildman–Crippen LogP) is 3.61. The van der Waals surface area contributed by atoms with Gasteiger partial charge in [0.15, 0.2) is 0 Å². The van der Waals surface area contributed by atoms with Gasteiger partial charge in [0.1, 0.15) is 12.3 Å². The van der Waals surface area contributed by atoms with E-state index in [-0.39, 0.29) is 11.8 Å². The second kappa shape index (κ2) is 9.64. The normalized spacial score (nSPS) is 14.4. The lowest BCUT2D eigenvalue weighted by Crippen LogP contribution is -2.31. The number of guanidine groups is 1. The van der Waals surface area contributed by atoms with Crippen molar-refractivity contribution in [2.24, 2.45) is 4.99 Å². The molecule has 0 atom stereocenters. The van der Waals surface area contributed by atoms with E-state index in [0.717, 1.165) is 48.4 Å². The maximum atomic E-state index is 12.3. The molecule has 0 radical (unpaired) electrons. The Hall–Kier alpha value is -3.35. The van der Waals surface area contributed by atoms with Gasteiger partial charge in [0.2, 0.25) is 17.8 Å². The summed E-state index contributed by atoms with van der Waals surface area (Å²) in [6.07, 6.45) is 4.42. The van der Waals surface area contributed by atoms with Crippen LogP contribution in [0.3, 0.4) is 0 Å². The number of rotatable bonds is 9. The van der Waals surface area contributed by atoms with Crippen molar-refractivity contribution in [3.63, 3.8) is 0 Å². The summed E-state index contributed by atoms with van der Waals surface area (Å²) in [6.45, 7) is 1.69. The minimum atomic E-state index is -0.0172. The average molecular weight is 421 g/mol. The van der Waals surface area contributed by atoms with Gasteiger partial charge in [-0.2, -0.15) is 0 Å². The van der Waals surface area contributed by atoms with Crippen molar-refractivity contribution < 1.29 is 14.3 Å². The zero-order valence-corrected chi connectivity index (χ0v) is 17.8. The Kier molecular flexibility index (Phi) is 6.50. The quantitative estimate of drug-likeness (QED) is 0.629. The summed E-state index contributed by atoms with van der Waals surface area (Å²) in [4.78, 5) is 32.0. The number of nitrogens with one attached hydrogen (secondary N) is 1. The van der Waals surface area contributed by atoms with Crippen LogP contribution in [0.2, 0.25) is 0 Å². The molecule has 2 aliphatic heterocycles. The third-order valence-corrected chi connectivity index (χ3v) is 5.60. The van der Waals surface area contributed by atoms with Crippen LogP contribution in [0.5, 0.6) is 5.75 Å². The van der Waals surface area contributed by atoms with Crippen molar-refractivity contribution in [1.82, 2.24) is 10.2 Å². The summed E-state index contributed by atoms with van der Waals surface area (Å²) < 4.78 is 5.88. The molecule has 7 nitrogen and oxygen atoms in total. The zero-order chi connectivity index (χ0) is 21.6. The molecule has 2 aliphatic rings. The van der Waals surface area contributed by atoms with Gasteiger partial charge in [-0.3, -0.25) is 14.9 Å². The Morgan fingerprint density at radius 2 is 1.90 bits per heavy atom. The van der Waals surface area contributed by atoms with Crippen molar-refractivity contribution in [1.29, 1.82) is 0 Å². The molecular weight excluding hydrogens is 392 g/mol. The van der Waals surface area contributed by atoms with E-state index in [9.17, 15) is 9.59 Å². The van der Waals surface area contributed by atoms with E-state index in [1.54, 1.807) is 4.90 Å². The Bertz CT molecular complexity index is 974. The number of nitrogens with zero attached hydrogens (tertiary/aromatic N) is 3. The first-order valence-electron chi connectivity index (χ1n) is 10.8. The van der Waals surface area contributed by atoms with Gasteiger partial charge in [-0.05, 0) is 36.6 Å². The third-order valence-electron chi connectivity index (χ3n) is 5.60. The maximum absolute atomic E-state index is 12.3. The number of unbranched alkanes of at least 4 members (excludes halogenated alkanes) is 3. The molecule has 4 rings (SSSR count). The van der Waals surface area contributed by atoms with Crippen LogP contribution in [0, 0.1) is 0 Å². The lowest BCUT2D eigenvalue weighted by atomic mass is 10.1. The molecule has 0 saturated carbocycles. The molecule has 0 aromatic heterocycles. The highest BCUT2D eigenvalue weighted by Gasteiger charge is 2.29. The Balaban J connectivity index is 1.14. The predicted molar refractivity (Wildman–Crippen MR) is 121 cm³/mol. The highest BCUT2D eigenvalue weighted by molar-refractivity contribution is 6.05. The third kappa shape index (κ3) is 5.23. The molecule has 0 spiro atoms. The fraction of sp³-hybridized carbons (Fsp3) is 0.375. The molecule has 31 heavy (non-hydrogen) atoms. The van der Waals surface area contributed by atoms with E-state index < -0.39 is 0 Å². The van der Waals surface area contributed by atoms with Gasteiger partial charge in [0.25, 0.3) is 0 Å². The summed E-state index contributed by atoms with van der Waals surface area (Å²) in [6, 6.07) is 15.6. The largest absolute Gasteiger partial charge is 0.494 e. The Labute approximate surface area is 182 Å². The first-order valence-corrected chi connectivity index (χ1v) is 10.8. The van der Waals surface area contributed by atoms with Crippen molar-refractivity contribution in [3.8, 4) is 5.75 Å². The van der Waals surface area contributed by atoms with Gasteiger partial charge in [-0.25, -0.2) is 4.99 Å². The number of para-hydroxylation sites is 1. The summed E-state index contributed by atoms with van der Waals surface area (Å²) in [5.41, 5.74) is 2.88. The smallest absolute Gasteiger partial charge is 0.246 e. The Morgan fingerprint density at radius 1 is 1.10 bits per heavy atom. The molecule has 7 heteroatoms. The van der Waals surface area contributed by atoms with Gasteiger partial charge in [0, 0.05) is 31.8 Å². The standard InChI is InChI=1S/C24H28N4O3/c1-27(19-9-5-4-6-10-19)23(30)11-7-2-3-8-14-31-20-13-12-18-16-28-17-22(29)26-24(28)25-21(18)15-20/h4-6,9-10,12-13,15H,2-3,7-8,11,14,16-17H2,1H3,(H,25,26,29). The molecule has 1 fully saturated rings. The van der Waals surface area contributed by atoms with E-state index in [1.165, 1.54) is 0 Å². The molecule has 0 unspecified atom stereocenters. The van der Waals surface area contributed by atoms with Gasteiger partial charge in [-0.1, -0.05) is 37.1 Å². The first-order chi connectivity index (χ1) is 15.1. The summed E-state index contributed by atoms with van der Waals surface area (Å²) in [7, 11) is 1.83. The van der Waals surface area contributed by atoms with Crippen LogP contribution >= 0.6 is 0 Å². The average Bonchev–Trinajstić information content (AvgIpc) is 3.15. The molecule has 2 aromatic rings. The molecule has 2 amide bonds. The SMILES string of the molecule is CN(C(=O)CCCCCCOc1ccc2c(c1)N=C1NC(=O)CN1C2)c1ccccc1. The summed E-state index contributed by atoms with van der Waals surface area (Å²) in [5, 5.41) is 2.78. The number of amides is 2. The molecule has 1 saturated heterocycles. The number of hydrogen-bond acceptors (Lipinski definition) is 5. The van der Waals surface area contributed by atoms with E-state index >= 15 is 0 Å². The molecule has 0 aliphatic carbocycles. The topological polar surface area (TPSA) is 74.2 Å². The van der Waals surface area contributed by atoms with E-state index in [2.05, 4.69) is 10.3 Å². The van der Waals surface area contributed by atoms with Crippen molar-refractivity contribution in [2.75, 3.05) is 25.1 Å². The molecule has 0 bridgehead atoms. The van der Waals surface area contributed by atoms with Crippen LogP contribution in [0.25, 0.3) is 0 Å². The molecular formula is C24H28N4O3. The highest BCUT2D eigenvalue weighted by Crippen LogP contribution is 2.30. The highest BCUT2D eigenvalue weighted by atomic mass is 16.5. The van der Waals surface area contributed by atoms with Crippen LogP contribution in [-0.2, 0) is 16.1 Å².